The Hall–Kier alpha value is -2.00. The van der Waals surface area contributed by atoms with Crippen LogP contribution in [0.2, 0.25) is 5.02 Å². The molecular weight excluding hydrogens is 284 g/mol. The monoisotopic (exact) mass is 302 g/mol. The van der Waals surface area contributed by atoms with Crippen molar-refractivity contribution in [3.05, 3.63) is 64.2 Å². The van der Waals surface area contributed by atoms with E-state index in [0.717, 1.165) is 17.5 Å². The molecule has 1 unspecified atom stereocenters. The van der Waals surface area contributed by atoms with Gasteiger partial charge in [0.25, 0.3) is 5.91 Å². The molecule has 0 spiro atoms. The predicted molar refractivity (Wildman–Crippen MR) is 87.5 cm³/mol. The van der Waals surface area contributed by atoms with Gasteiger partial charge in [-0.2, -0.15) is 0 Å². The van der Waals surface area contributed by atoms with E-state index in [-0.39, 0.29) is 11.9 Å². The highest BCUT2D eigenvalue weighted by atomic mass is 35.5. The Balaban J connectivity index is 2.20. The molecule has 0 saturated heterocycles. The number of amides is 1. The van der Waals surface area contributed by atoms with Crippen LogP contribution >= 0.6 is 11.6 Å². The summed E-state index contributed by atoms with van der Waals surface area (Å²) in [7, 11) is 0. The maximum atomic E-state index is 12.4. The SMILES string of the molecule is CCC(NC(=O)c1cc(C)ccc1N)c1ccc(Cl)cc1. The average molecular weight is 303 g/mol. The molecule has 0 aromatic heterocycles. The van der Waals surface area contributed by atoms with Gasteiger partial charge in [0, 0.05) is 10.7 Å². The van der Waals surface area contributed by atoms with Crippen LogP contribution in [0.4, 0.5) is 5.69 Å². The summed E-state index contributed by atoms with van der Waals surface area (Å²) < 4.78 is 0. The number of carbonyl (C=O) groups is 1. The summed E-state index contributed by atoms with van der Waals surface area (Å²) >= 11 is 5.90. The van der Waals surface area contributed by atoms with E-state index in [1.807, 2.05) is 44.2 Å². The third-order valence-electron chi connectivity index (χ3n) is 3.44. The van der Waals surface area contributed by atoms with E-state index >= 15 is 0 Å². The largest absolute Gasteiger partial charge is 0.398 e. The van der Waals surface area contributed by atoms with Crippen LogP contribution in [-0.4, -0.2) is 5.91 Å². The Morgan fingerprint density at radius 2 is 1.90 bits per heavy atom. The summed E-state index contributed by atoms with van der Waals surface area (Å²) in [6.07, 6.45) is 0.791. The Labute approximate surface area is 130 Å². The van der Waals surface area contributed by atoms with Gasteiger partial charge in [-0.15, -0.1) is 0 Å². The zero-order chi connectivity index (χ0) is 15.4. The van der Waals surface area contributed by atoms with Crippen LogP contribution in [-0.2, 0) is 0 Å². The number of halogens is 1. The van der Waals surface area contributed by atoms with E-state index in [4.69, 9.17) is 17.3 Å². The third-order valence-corrected chi connectivity index (χ3v) is 3.69. The summed E-state index contributed by atoms with van der Waals surface area (Å²) in [5, 5.41) is 3.71. The Kier molecular flexibility index (Phi) is 4.86. The third kappa shape index (κ3) is 3.76. The molecule has 110 valence electrons. The summed E-state index contributed by atoms with van der Waals surface area (Å²) in [6.45, 7) is 3.96. The minimum atomic E-state index is -0.155. The first-order chi connectivity index (χ1) is 10.0. The van der Waals surface area contributed by atoms with Crippen LogP contribution in [0, 0.1) is 6.92 Å². The fourth-order valence-corrected chi connectivity index (χ4v) is 2.34. The minimum Gasteiger partial charge on any atom is -0.398 e. The quantitative estimate of drug-likeness (QED) is 0.835. The second kappa shape index (κ2) is 6.64. The molecule has 21 heavy (non-hydrogen) atoms. The highest BCUT2D eigenvalue weighted by Crippen LogP contribution is 2.21. The number of benzene rings is 2. The van der Waals surface area contributed by atoms with E-state index in [1.165, 1.54) is 0 Å². The minimum absolute atomic E-state index is 0.0605. The van der Waals surface area contributed by atoms with Crippen molar-refractivity contribution in [3.63, 3.8) is 0 Å². The number of carbonyl (C=O) groups excluding carboxylic acids is 1. The van der Waals surface area contributed by atoms with Gasteiger partial charge in [-0.3, -0.25) is 4.79 Å². The van der Waals surface area contributed by atoms with E-state index in [0.29, 0.717) is 16.3 Å². The van der Waals surface area contributed by atoms with Crippen LogP contribution in [0.15, 0.2) is 42.5 Å². The van der Waals surface area contributed by atoms with Crippen molar-refractivity contribution in [2.75, 3.05) is 5.73 Å². The molecule has 0 aliphatic heterocycles. The highest BCUT2D eigenvalue weighted by molar-refractivity contribution is 6.30. The van der Waals surface area contributed by atoms with Crippen LogP contribution in [0.5, 0.6) is 0 Å². The van der Waals surface area contributed by atoms with Gasteiger partial charge in [0.05, 0.1) is 11.6 Å². The lowest BCUT2D eigenvalue weighted by atomic mass is 10.0. The van der Waals surface area contributed by atoms with Gasteiger partial charge < -0.3 is 11.1 Å². The molecule has 2 rings (SSSR count). The van der Waals surface area contributed by atoms with Crippen LogP contribution in [0.3, 0.4) is 0 Å². The fourth-order valence-electron chi connectivity index (χ4n) is 2.22. The van der Waals surface area contributed by atoms with Gasteiger partial charge in [-0.05, 0) is 43.2 Å². The highest BCUT2D eigenvalue weighted by Gasteiger charge is 2.16. The molecule has 3 N–H and O–H groups in total. The zero-order valence-electron chi connectivity index (χ0n) is 12.2. The molecule has 3 nitrogen and oxygen atoms in total. The fraction of sp³-hybridized carbons (Fsp3) is 0.235. The van der Waals surface area contributed by atoms with Crippen molar-refractivity contribution in [1.29, 1.82) is 0 Å². The molecule has 0 heterocycles. The number of rotatable bonds is 4. The van der Waals surface area contributed by atoms with Gasteiger partial charge in [0.15, 0.2) is 0 Å². The predicted octanol–water partition coefficient (Wildman–Crippen LogP) is 4.11. The van der Waals surface area contributed by atoms with E-state index in [9.17, 15) is 4.79 Å². The number of nitrogens with two attached hydrogens (primary N) is 1. The van der Waals surface area contributed by atoms with Crippen molar-refractivity contribution in [2.24, 2.45) is 0 Å². The first kappa shape index (κ1) is 15.4. The standard InChI is InChI=1S/C17H19ClN2O/c1-3-16(12-5-7-13(18)8-6-12)20-17(21)14-10-11(2)4-9-15(14)19/h4-10,16H,3,19H2,1-2H3,(H,20,21). The van der Waals surface area contributed by atoms with Gasteiger partial charge in [0.2, 0.25) is 0 Å². The van der Waals surface area contributed by atoms with Crippen molar-refractivity contribution >= 4 is 23.2 Å². The molecule has 0 aliphatic rings. The molecule has 0 saturated carbocycles. The number of nitrogens with one attached hydrogen (secondary N) is 1. The van der Waals surface area contributed by atoms with Crippen LogP contribution < -0.4 is 11.1 Å². The lowest BCUT2D eigenvalue weighted by Crippen LogP contribution is -2.28. The number of hydrogen-bond donors (Lipinski definition) is 2. The topological polar surface area (TPSA) is 55.1 Å². The molecule has 1 atom stereocenters. The summed E-state index contributed by atoms with van der Waals surface area (Å²) in [4.78, 5) is 12.4. The number of anilines is 1. The molecule has 0 bridgehead atoms. The first-order valence-corrected chi connectivity index (χ1v) is 7.31. The van der Waals surface area contributed by atoms with Crippen LogP contribution in [0.1, 0.15) is 40.9 Å². The average Bonchev–Trinajstić information content (AvgIpc) is 2.48. The van der Waals surface area contributed by atoms with Crippen molar-refractivity contribution in [1.82, 2.24) is 5.32 Å². The zero-order valence-corrected chi connectivity index (χ0v) is 12.9. The summed E-state index contributed by atoms with van der Waals surface area (Å²) in [5.74, 6) is -0.155. The van der Waals surface area contributed by atoms with Gasteiger partial charge in [-0.1, -0.05) is 42.3 Å². The van der Waals surface area contributed by atoms with E-state index in [2.05, 4.69) is 5.32 Å². The lowest BCUT2D eigenvalue weighted by molar-refractivity contribution is 0.0936. The van der Waals surface area contributed by atoms with Crippen molar-refractivity contribution in [3.8, 4) is 0 Å². The Morgan fingerprint density at radius 1 is 1.24 bits per heavy atom. The maximum absolute atomic E-state index is 12.4. The molecule has 1 amide bonds. The van der Waals surface area contributed by atoms with Crippen molar-refractivity contribution in [2.45, 2.75) is 26.3 Å². The summed E-state index contributed by atoms with van der Waals surface area (Å²) in [6, 6.07) is 12.9. The maximum Gasteiger partial charge on any atom is 0.253 e. The second-order valence-electron chi connectivity index (χ2n) is 5.08. The molecular formula is C17H19ClN2O. The molecule has 0 radical (unpaired) electrons. The van der Waals surface area contributed by atoms with Crippen LogP contribution in [0.25, 0.3) is 0 Å². The first-order valence-electron chi connectivity index (χ1n) is 6.93. The Morgan fingerprint density at radius 3 is 2.52 bits per heavy atom. The molecule has 0 aliphatic carbocycles. The van der Waals surface area contributed by atoms with Gasteiger partial charge in [0.1, 0.15) is 0 Å². The Bertz CT molecular complexity index is 638. The summed E-state index contributed by atoms with van der Waals surface area (Å²) in [5.41, 5.74) is 8.93. The lowest BCUT2D eigenvalue weighted by Gasteiger charge is -2.18. The number of nitrogen functional groups attached to an aromatic ring is 1. The molecule has 0 fully saturated rings. The smallest absolute Gasteiger partial charge is 0.253 e. The van der Waals surface area contributed by atoms with E-state index < -0.39 is 0 Å². The second-order valence-corrected chi connectivity index (χ2v) is 5.51. The number of aryl methyl sites for hydroxylation is 1. The molecule has 4 heteroatoms. The van der Waals surface area contributed by atoms with E-state index in [1.54, 1.807) is 12.1 Å². The van der Waals surface area contributed by atoms with Gasteiger partial charge in [-0.25, -0.2) is 0 Å². The van der Waals surface area contributed by atoms with Crippen molar-refractivity contribution < 1.29 is 4.79 Å². The number of hydrogen-bond acceptors (Lipinski definition) is 2. The normalized spacial score (nSPS) is 12.0. The molecule has 2 aromatic carbocycles. The van der Waals surface area contributed by atoms with Gasteiger partial charge >= 0.3 is 0 Å². The molecule has 2 aromatic rings.